The maximum Gasteiger partial charge on any atom is 0.184 e. The van der Waals surface area contributed by atoms with Crippen LogP contribution in [0.1, 0.15) is 59.3 Å². The molecule has 2 aliphatic heterocycles. The standard InChI is InChI=1S/C17H32O5S/c1-4-5-6-7-8-9-10-23-11-12(18)13-14-15(16(19)20-13)22-17(2,3)21-14/h12-16,18-19H,4-11H2,1-3H3/t12-,13-,14+,15+,16+/m1/s1. The highest BCUT2D eigenvalue weighted by atomic mass is 32.2. The Morgan fingerprint density at radius 1 is 1.04 bits per heavy atom. The molecule has 0 aliphatic carbocycles. The largest absolute Gasteiger partial charge is 0.389 e. The van der Waals surface area contributed by atoms with E-state index in [1.165, 1.54) is 38.5 Å². The molecule has 0 aromatic rings. The van der Waals surface area contributed by atoms with Crippen LogP contribution in [0.25, 0.3) is 0 Å². The van der Waals surface area contributed by atoms with E-state index in [1.807, 2.05) is 13.8 Å². The zero-order valence-electron chi connectivity index (χ0n) is 14.6. The van der Waals surface area contributed by atoms with Crippen molar-refractivity contribution in [2.75, 3.05) is 11.5 Å². The van der Waals surface area contributed by atoms with Crippen LogP contribution in [0, 0.1) is 0 Å². The minimum Gasteiger partial charge on any atom is -0.389 e. The molecule has 2 saturated heterocycles. The first-order chi connectivity index (χ1) is 10.9. The van der Waals surface area contributed by atoms with Crippen molar-refractivity contribution in [1.82, 2.24) is 0 Å². The first-order valence-electron chi connectivity index (χ1n) is 8.89. The van der Waals surface area contributed by atoms with Gasteiger partial charge in [0.05, 0.1) is 6.10 Å². The number of aliphatic hydroxyl groups is 2. The number of hydrogen-bond acceptors (Lipinski definition) is 6. The van der Waals surface area contributed by atoms with Gasteiger partial charge < -0.3 is 24.4 Å². The number of hydrogen-bond donors (Lipinski definition) is 2. The minimum absolute atomic E-state index is 0.398. The molecule has 2 aliphatic rings. The van der Waals surface area contributed by atoms with Gasteiger partial charge in [-0.3, -0.25) is 0 Å². The molecule has 0 aromatic carbocycles. The molecule has 5 atom stereocenters. The molecule has 0 bridgehead atoms. The van der Waals surface area contributed by atoms with Gasteiger partial charge in [0.25, 0.3) is 0 Å². The zero-order chi connectivity index (χ0) is 16.9. The fourth-order valence-corrected chi connectivity index (χ4v) is 4.21. The van der Waals surface area contributed by atoms with Crippen LogP contribution in [0.4, 0.5) is 0 Å². The summed E-state index contributed by atoms with van der Waals surface area (Å²) < 4.78 is 16.9. The molecule has 0 radical (unpaired) electrons. The van der Waals surface area contributed by atoms with E-state index < -0.39 is 36.5 Å². The second-order valence-corrected chi connectivity index (χ2v) is 8.12. The Morgan fingerprint density at radius 2 is 1.70 bits per heavy atom. The van der Waals surface area contributed by atoms with Crippen molar-refractivity contribution in [1.29, 1.82) is 0 Å². The predicted octanol–water partition coefficient (Wildman–Crippen LogP) is 2.68. The van der Waals surface area contributed by atoms with Crippen molar-refractivity contribution in [2.45, 2.75) is 95.8 Å². The summed E-state index contributed by atoms with van der Waals surface area (Å²) in [5.74, 6) is 0.915. The molecule has 0 amide bonds. The molecule has 2 N–H and O–H groups in total. The zero-order valence-corrected chi connectivity index (χ0v) is 15.4. The van der Waals surface area contributed by atoms with E-state index in [-0.39, 0.29) is 0 Å². The van der Waals surface area contributed by atoms with Crippen LogP contribution in [-0.2, 0) is 14.2 Å². The van der Waals surface area contributed by atoms with Gasteiger partial charge in [0.15, 0.2) is 12.1 Å². The number of unbranched alkanes of at least 4 members (excludes halogenated alkanes) is 5. The normalized spacial score (nSPS) is 33.8. The second kappa shape index (κ2) is 9.02. The van der Waals surface area contributed by atoms with E-state index in [9.17, 15) is 10.2 Å². The Kier molecular flexibility index (Phi) is 7.63. The van der Waals surface area contributed by atoms with Crippen molar-refractivity contribution in [2.24, 2.45) is 0 Å². The highest BCUT2D eigenvalue weighted by Crippen LogP contribution is 2.39. The molecule has 2 fully saturated rings. The Bertz CT molecular complexity index is 352. The lowest BCUT2D eigenvalue weighted by atomic mass is 10.1. The third-order valence-electron chi connectivity index (χ3n) is 4.38. The number of aliphatic hydroxyl groups excluding tert-OH is 2. The van der Waals surface area contributed by atoms with E-state index in [4.69, 9.17) is 14.2 Å². The maximum atomic E-state index is 10.4. The van der Waals surface area contributed by atoms with Crippen LogP contribution in [-0.4, -0.2) is 58.2 Å². The molecular weight excluding hydrogens is 316 g/mol. The Labute approximate surface area is 144 Å². The number of thioether (sulfide) groups is 1. The minimum atomic E-state index is -1.02. The topological polar surface area (TPSA) is 68.2 Å². The molecule has 2 heterocycles. The Morgan fingerprint density at radius 3 is 2.43 bits per heavy atom. The van der Waals surface area contributed by atoms with Gasteiger partial charge >= 0.3 is 0 Å². The summed E-state index contributed by atoms with van der Waals surface area (Å²) in [6.07, 6.45) is 4.59. The lowest BCUT2D eigenvalue weighted by Crippen LogP contribution is -2.39. The molecular formula is C17H32O5S. The smallest absolute Gasteiger partial charge is 0.184 e. The van der Waals surface area contributed by atoms with Crippen LogP contribution >= 0.6 is 11.8 Å². The third-order valence-corrected chi connectivity index (χ3v) is 5.53. The van der Waals surface area contributed by atoms with Crippen LogP contribution in [0.2, 0.25) is 0 Å². The summed E-state index contributed by atoms with van der Waals surface area (Å²) >= 11 is 1.74. The van der Waals surface area contributed by atoms with Crippen molar-refractivity contribution in [3.05, 3.63) is 0 Å². The van der Waals surface area contributed by atoms with Crippen LogP contribution < -0.4 is 0 Å². The van der Waals surface area contributed by atoms with Crippen LogP contribution in [0.3, 0.4) is 0 Å². The van der Waals surface area contributed by atoms with Crippen LogP contribution in [0.5, 0.6) is 0 Å². The monoisotopic (exact) mass is 348 g/mol. The number of ether oxygens (including phenoxy) is 3. The van der Waals surface area contributed by atoms with E-state index >= 15 is 0 Å². The third kappa shape index (κ3) is 5.58. The average Bonchev–Trinajstić information content (AvgIpc) is 2.96. The van der Waals surface area contributed by atoms with Gasteiger partial charge in [-0.25, -0.2) is 0 Å². The molecule has 0 saturated carbocycles. The molecule has 2 rings (SSSR count). The summed E-state index contributed by atoms with van der Waals surface area (Å²) in [7, 11) is 0. The first-order valence-corrected chi connectivity index (χ1v) is 10.0. The Hall–Kier alpha value is 0.150. The van der Waals surface area contributed by atoms with E-state index in [1.54, 1.807) is 11.8 Å². The molecule has 23 heavy (non-hydrogen) atoms. The van der Waals surface area contributed by atoms with Gasteiger partial charge in [0.2, 0.25) is 0 Å². The number of fused-ring (bicyclic) bond motifs is 1. The van der Waals surface area contributed by atoms with Gasteiger partial charge in [-0.1, -0.05) is 39.0 Å². The summed E-state index contributed by atoms with van der Waals surface area (Å²) in [6, 6.07) is 0. The quantitative estimate of drug-likeness (QED) is 0.592. The lowest BCUT2D eigenvalue weighted by Gasteiger charge is -2.25. The lowest BCUT2D eigenvalue weighted by molar-refractivity contribution is -0.228. The highest BCUT2D eigenvalue weighted by molar-refractivity contribution is 7.99. The predicted molar refractivity (Wildman–Crippen MR) is 91.4 cm³/mol. The molecule has 0 aromatic heterocycles. The van der Waals surface area contributed by atoms with E-state index in [2.05, 4.69) is 6.92 Å². The van der Waals surface area contributed by atoms with Crippen LogP contribution in [0.15, 0.2) is 0 Å². The van der Waals surface area contributed by atoms with Crippen molar-refractivity contribution < 1.29 is 24.4 Å². The summed E-state index contributed by atoms with van der Waals surface area (Å²) in [6.45, 7) is 5.85. The Balaban J connectivity index is 1.63. The molecule has 0 unspecified atom stereocenters. The fourth-order valence-electron chi connectivity index (χ4n) is 3.20. The first kappa shape index (κ1) is 19.5. The van der Waals surface area contributed by atoms with Crippen molar-refractivity contribution in [3.63, 3.8) is 0 Å². The van der Waals surface area contributed by atoms with E-state index in [0.717, 1.165) is 5.75 Å². The van der Waals surface area contributed by atoms with Crippen molar-refractivity contribution >= 4 is 11.8 Å². The average molecular weight is 349 g/mol. The van der Waals surface area contributed by atoms with Gasteiger partial charge in [-0.15, -0.1) is 0 Å². The van der Waals surface area contributed by atoms with E-state index in [0.29, 0.717) is 5.75 Å². The summed E-state index contributed by atoms with van der Waals surface area (Å²) in [5, 5.41) is 20.3. The summed E-state index contributed by atoms with van der Waals surface area (Å²) in [4.78, 5) is 0. The van der Waals surface area contributed by atoms with Gasteiger partial charge in [-0.2, -0.15) is 11.8 Å². The molecule has 5 nitrogen and oxygen atoms in total. The highest BCUT2D eigenvalue weighted by Gasteiger charge is 2.56. The SMILES string of the molecule is CCCCCCCCSC[C@@H](O)[C@H]1O[C@H](O)[C@H]2OC(C)(C)O[C@@H]12. The number of rotatable bonds is 10. The maximum absolute atomic E-state index is 10.4. The molecule has 0 spiro atoms. The van der Waals surface area contributed by atoms with Gasteiger partial charge in [0.1, 0.15) is 18.3 Å². The molecule has 136 valence electrons. The van der Waals surface area contributed by atoms with Gasteiger partial charge in [0, 0.05) is 5.75 Å². The second-order valence-electron chi connectivity index (χ2n) is 6.97. The van der Waals surface area contributed by atoms with Crippen molar-refractivity contribution in [3.8, 4) is 0 Å². The fraction of sp³-hybridized carbons (Fsp3) is 1.00. The summed E-state index contributed by atoms with van der Waals surface area (Å²) in [5.41, 5.74) is 0. The van der Waals surface area contributed by atoms with Gasteiger partial charge in [-0.05, 0) is 26.0 Å². The molecule has 6 heteroatoms.